The predicted octanol–water partition coefficient (Wildman–Crippen LogP) is 2.18. The molecule has 0 unspecified atom stereocenters. The average molecular weight is 350 g/mol. The molecule has 134 valence electrons. The Morgan fingerprint density at radius 3 is 2.58 bits per heavy atom. The molecule has 0 fully saturated rings. The molecule has 0 radical (unpaired) electrons. The summed E-state index contributed by atoms with van der Waals surface area (Å²) < 4.78 is 5.28. The number of carbonyl (C=O) groups excluding carboxylic acids is 1. The van der Waals surface area contributed by atoms with Gasteiger partial charge >= 0.3 is 5.97 Å². The smallest absolute Gasteiger partial charge is 0.340 e. The third-order valence-electron chi connectivity index (χ3n) is 3.99. The Morgan fingerprint density at radius 1 is 1.19 bits per heavy atom. The van der Waals surface area contributed by atoms with Crippen LogP contribution in [0, 0.1) is 0 Å². The molecule has 3 rings (SSSR count). The Labute approximate surface area is 151 Å². The topological polar surface area (TPSA) is 65.6 Å². The van der Waals surface area contributed by atoms with Crippen LogP contribution in [0.25, 0.3) is 23.2 Å². The van der Waals surface area contributed by atoms with Gasteiger partial charge in [-0.25, -0.2) is 4.79 Å². The average Bonchev–Trinajstić information content (AvgIpc) is 2.96. The van der Waals surface area contributed by atoms with E-state index in [9.17, 15) is 9.90 Å². The monoisotopic (exact) mass is 350 g/mol. The number of ether oxygens (including phenoxy) is 1. The third-order valence-corrected chi connectivity index (χ3v) is 3.99. The molecule has 0 atom stereocenters. The molecule has 26 heavy (non-hydrogen) atoms. The fraction of sp³-hybridized carbons (Fsp3) is 0.190. The summed E-state index contributed by atoms with van der Waals surface area (Å²) in [5, 5.41) is 12.2. The second kappa shape index (κ2) is 7.35. The highest BCUT2D eigenvalue weighted by atomic mass is 16.5. The summed E-state index contributed by atoms with van der Waals surface area (Å²) in [5.74, 6) is -0.304. The molecule has 5 nitrogen and oxygen atoms in total. The number of rotatable bonds is 4. The molecule has 0 aliphatic heterocycles. The van der Waals surface area contributed by atoms with Crippen molar-refractivity contribution < 1.29 is 14.6 Å². The first-order valence-corrected chi connectivity index (χ1v) is 8.47. The van der Waals surface area contributed by atoms with Gasteiger partial charge in [-0.1, -0.05) is 30.3 Å². The van der Waals surface area contributed by atoms with Crippen molar-refractivity contribution in [3.05, 3.63) is 64.2 Å². The van der Waals surface area contributed by atoms with E-state index in [0.717, 1.165) is 11.1 Å². The lowest BCUT2D eigenvalue weighted by molar-refractivity contribution is 0.0527. The zero-order valence-corrected chi connectivity index (χ0v) is 15.1. The number of aromatic amines is 1. The summed E-state index contributed by atoms with van der Waals surface area (Å²) in [6.45, 7) is 2.06. The summed E-state index contributed by atoms with van der Waals surface area (Å²) in [7, 11) is 3.73. The Hall–Kier alpha value is -3.21. The number of esters is 1. The lowest BCUT2D eigenvalue weighted by atomic mass is 10.1. The van der Waals surface area contributed by atoms with E-state index in [-0.39, 0.29) is 12.4 Å². The van der Waals surface area contributed by atoms with Crippen molar-refractivity contribution in [2.45, 2.75) is 6.92 Å². The van der Waals surface area contributed by atoms with Crippen LogP contribution in [0.15, 0.2) is 42.5 Å². The van der Waals surface area contributed by atoms with E-state index >= 15 is 0 Å². The van der Waals surface area contributed by atoms with Gasteiger partial charge in [-0.3, -0.25) is 0 Å². The van der Waals surface area contributed by atoms with Gasteiger partial charge in [0.1, 0.15) is 5.75 Å². The number of benzene rings is 2. The molecule has 0 saturated carbocycles. The maximum atomic E-state index is 12.7. The summed E-state index contributed by atoms with van der Waals surface area (Å²) >= 11 is 0. The Bertz CT molecular complexity index is 1050. The standard InChI is InChI=1S/C21H22N2O3/c1-4-26-21(25)20-17(12-14-8-6-5-7-9-14)22-16-10-11-18(24)15(19(16)20)13-23(2)3/h5-13,22,24H,4H2,1-3H3. The first kappa shape index (κ1) is 17.6. The molecule has 0 spiro atoms. The summed E-state index contributed by atoms with van der Waals surface area (Å²) in [6.07, 6.45) is 3.70. The van der Waals surface area contributed by atoms with Gasteiger partial charge in [0.25, 0.3) is 0 Å². The van der Waals surface area contributed by atoms with Crippen molar-refractivity contribution in [2.75, 3.05) is 20.7 Å². The maximum Gasteiger partial charge on any atom is 0.340 e. The predicted molar refractivity (Wildman–Crippen MR) is 103 cm³/mol. The van der Waals surface area contributed by atoms with Crippen LogP contribution in [0.1, 0.15) is 22.8 Å². The number of hydrogen-bond donors (Lipinski definition) is 2. The molecule has 2 N–H and O–H groups in total. The molecular formula is C21H22N2O3. The van der Waals surface area contributed by atoms with Crippen LogP contribution in [-0.4, -0.2) is 41.7 Å². The summed E-state index contributed by atoms with van der Waals surface area (Å²) in [4.78, 5) is 17.8. The molecule has 3 aromatic rings. The number of nitrogens with zero attached hydrogens (tertiary/aromatic N) is 1. The minimum atomic E-state index is -0.417. The van der Waals surface area contributed by atoms with Crippen molar-refractivity contribution in [2.24, 2.45) is 0 Å². The quantitative estimate of drug-likeness (QED) is 0.708. The van der Waals surface area contributed by atoms with Crippen LogP contribution in [0.3, 0.4) is 0 Å². The van der Waals surface area contributed by atoms with Crippen LogP contribution >= 0.6 is 0 Å². The highest BCUT2D eigenvalue weighted by Gasteiger charge is 2.18. The van der Waals surface area contributed by atoms with Crippen molar-refractivity contribution in [3.8, 4) is 5.75 Å². The van der Waals surface area contributed by atoms with Crippen molar-refractivity contribution in [3.63, 3.8) is 0 Å². The van der Waals surface area contributed by atoms with Crippen LogP contribution < -0.4 is 10.6 Å². The SMILES string of the molecule is CCOC(=O)c1c(=Cc2ccccc2)[nH]c2ccc(O)c(=CN(C)C)c12. The lowest BCUT2D eigenvalue weighted by Gasteiger charge is -2.07. The molecular weight excluding hydrogens is 328 g/mol. The minimum Gasteiger partial charge on any atom is -0.507 e. The van der Waals surface area contributed by atoms with E-state index in [1.165, 1.54) is 0 Å². The number of hydrogen-bond acceptors (Lipinski definition) is 4. The van der Waals surface area contributed by atoms with Crippen LogP contribution in [0.2, 0.25) is 0 Å². The Balaban J connectivity index is 2.42. The van der Waals surface area contributed by atoms with Gasteiger partial charge in [-0.2, -0.15) is 0 Å². The lowest BCUT2D eigenvalue weighted by Crippen LogP contribution is -2.19. The largest absolute Gasteiger partial charge is 0.507 e. The number of phenolic OH excluding ortho intramolecular Hbond substituents is 1. The van der Waals surface area contributed by atoms with Gasteiger partial charge in [0.15, 0.2) is 0 Å². The van der Waals surface area contributed by atoms with Crippen molar-refractivity contribution >= 4 is 29.1 Å². The van der Waals surface area contributed by atoms with Crippen LogP contribution in [-0.2, 0) is 4.74 Å². The number of carbonyl (C=O) groups is 1. The van der Waals surface area contributed by atoms with Gasteiger partial charge in [0.05, 0.1) is 17.5 Å². The van der Waals surface area contributed by atoms with Crippen LogP contribution in [0.4, 0.5) is 0 Å². The molecule has 0 aliphatic rings. The van der Waals surface area contributed by atoms with Gasteiger partial charge in [-0.15, -0.1) is 0 Å². The fourth-order valence-electron chi connectivity index (χ4n) is 2.95. The van der Waals surface area contributed by atoms with E-state index < -0.39 is 5.97 Å². The third kappa shape index (κ3) is 3.42. The molecule has 1 heterocycles. The molecule has 0 bridgehead atoms. The molecule has 1 aromatic heterocycles. The van der Waals surface area contributed by atoms with Crippen molar-refractivity contribution in [1.29, 1.82) is 0 Å². The Morgan fingerprint density at radius 2 is 1.92 bits per heavy atom. The van der Waals surface area contributed by atoms with E-state index in [2.05, 4.69) is 4.98 Å². The normalized spacial score (nSPS) is 12.6. The van der Waals surface area contributed by atoms with E-state index in [1.807, 2.05) is 55.4 Å². The number of aromatic hydroxyl groups is 1. The van der Waals surface area contributed by atoms with Crippen LogP contribution in [0.5, 0.6) is 5.75 Å². The first-order valence-electron chi connectivity index (χ1n) is 8.47. The highest BCUT2D eigenvalue weighted by Crippen LogP contribution is 2.17. The van der Waals surface area contributed by atoms with Gasteiger partial charge < -0.3 is 19.7 Å². The minimum absolute atomic E-state index is 0.113. The first-order chi connectivity index (χ1) is 12.5. The molecule has 5 heteroatoms. The number of aromatic nitrogens is 1. The van der Waals surface area contributed by atoms with Gasteiger partial charge in [0.2, 0.25) is 0 Å². The van der Waals surface area contributed by atoms with Crippen molar-refractivity contribution in [1.82, 2.24) is 9.88 Å². The number of H-pyrrole nitrogens is 1. The van der Waals surface area contributed by atoms with E-state index in [0.29, 0.717) is 21.5 Å². The number of nitrogens with one attached hydrogen (secondary N) is 1. The fourth-order valence-corrected chi connectivity index (χ4v) is 2.95. The molecule has 0 saturated heterocycles. The molecule has 0 amide bonds. The summed E-state index contributed by atoms with van der Waals surface area (Å²) in [6, 6.07) is 13.1. The maximum absolute atomic E-state index is 12.7. The Kier molecular flexibility index (Phi) is 4.98. The summed E-state index contributed by atoms with van der Waals surface area (Å²) in [5.41, 5.74) is 2.16. The molecule has 0 aliphatic carbocycles. The van der Waals surface area contributed by atoms with E-state index in [4.69, 9.17) is 4.74 Å². The number of phenols is 1. The van der Waals surface area contributed by atoms with Gasteiger partial charge in [0, 0.05) is 36.4 Å². The zero-order chi connectivity index (χ0) is 18.7. The number of fused-ring (bicyclic) bond motifs is 1. The second-order valence-corrected chi connectivity index (χ2v) is 6.20. The highest BCUT2D eigenvalue weighted by molar-refractivity contribution is 6.05. The second-order valence-electron chi connectivity index (χ2n) is 6.20. The zero-order valence-electron chi connectivity index (χ0n) is 15.1. The molecule has 2 aromatic carbocycles. The van der Waals surface area contributed by atoms with Gasteiger partial charge in [-0.05, 0) is 30.7 Å². The van der Waals surface area contributed by atoms with E-state index in [1.54, 1.807) is 25.3 Å².